The molecule has 11 heteroatoms. The third-order valence-electron chi connectivity index (χ3n) is 7.09. The molecule has 2 aromatic carbocycles. The van der Waals surface area contributed by atoms with Crippen LogP contribution in [0, 0.1) is 11.7 Å². The van der Waals surface area contributed by atoms with E-state index in [0.717, 1.165) is 0 Å². The molecule has 37 heavy (non-hydrogen) atoms. The first kappa shape index (κ1) is 27.8. The second-order valence-electron chi connectivity index (χ2n) is 9.63. The van der Waals surface area contributed by atoms with E-state index in [4.69, 9.17) is 9.47 Å². The van der Waals surface area contributed by atoms with Crippen LogP contribution in [0.15, 0.2) is 42.5 Å². The summed E-state index contributed by atoms with van der Waals surface area (Å²) in [6, 6.07) is 6.90. The van der Waals surface area contributed by atoms with Gasteiger partial charge in [0, 0.05) is 12.0 Å². The van der Waals surface area contributed by atoms with Crippen LogP contribution in [0.25, 0.3) is 0 Å². The van der Waals surface area contributed by atoms with Gasteiger partial charge in [0.15, 0.2) is 6.29 Å². The molecule has 0 aliphatic carbocycles. The molecule has 0 radical (unpaired) electrons. The maximum Gasteiger partial charge on any atom is 0.416 e. The van der Waals surface area contributed by atoms with E-state index in [0.29, 0.717) is 43.5 Å². The van der Waals surface area contributed by atoms with E-state index in [1.807, 2.05) is 0 Å². The molecule has 2 aromatic rings. The average molecular weight is 536 g/mol. The number of nitrogens with one attached hydrogen (secondary N) is 1. The smallest absolute Gasteiger partial charge is 0.393 e. The third kappa shape index (κ3) is 6.63. The van der Waals surface area contributed by atoms with E-state index in [1.165, 1.54) is 19.1 Å². The zero-order valence-corrected chi connectivity index (χ0v) is 20.0. The normalized spacial score (nSPS) is 28.2. The van der Waals surface area contributed by atoms with E-state index in [9.17, 15) is 35.8 Å². The predicted octanol–water partition coefficient (Wildman–Crippen LogP) is 6.20. The summed E-state index contributed by atoms with van der Waals surface area (Å²) in [6.07, 6.45) is -11.0. The summed E-state index contributed by atoms with van der Waals surface area (Å²) in [6.45, 7) is 2.20. The Labute approximate surface area is 209 Å². The molecule has 2 N–H and O–H groups in total. The van der Waals surface area contributed by atoms with Crippen LogP contribution in [0.1, 0.15) is 60.5 Å². The van der Waals surface area contributed by atoms with Crippen molar-refractivity contribution in [3.63, 3.8) is 0 Å². The summed E-state index contributed by atoms with van der Waals surface area (Å²) in [7, 11) is 0. The molecule has 0 aromatic heterocycles. The van der Waals surface area contributed by atoms with Gasteiger partial charge < -0.3 is 19.9 Å². The molecule has 2 aliphatic rings. The monoisotopic (exact) mass is 535 g/mol. The number of halogens is 7. The lowest BCUT2D eigenvalue weighted by Crippen LogP contribution is -2.51. The minimum Gasteiger partial charge on any atom is -0.393 e. The SMILES string of the molecule is CC(OC1OCCC(C2CC(O)CCN2)C1c1ccc(F)cc1)c1cc(C(F)(F)F)cc(C(F)(F)F)c1. The van der Waals surface area contributed by atoms with Gasteiger partial charge in [-0.15, -0.1) is 0 Å². The van der Waals surface area contributed by atoms with Crippen LogP contribution in [-0.4, -0.2) is 36.7 Å². The van der Waals surface area contributed by atoms with Gasteiger partial charge in [0.1, 0.15) is 5.82 Å². The van der Waals surface area contributed by atoms with Crippen LogP contribution >= 0.6 is 0 Å². The lowest BCUT2D eigenvalue weighted by molar-refractivity contribution is -0.212. The summed E-state index contributed by atoms with van der Waals surface area (Å²) in [5, 5.41) is 13.6. The van der Waals surface area contributed by atoms with Crippen molar-refractivity contribution in [2.75, 3.05) is 13.2 Å². The van der Waals surface area contributed by atoms with Gasteiger partial charge in [-0.05, 0) is 80.1 Å². The quantitative estimate of drug-likeness (QED) is 0.448. The summed E-state index contributed by atoms with van der Waals surface area (Å²) < 4.78 is 106. The fraction of sp³-hybridized carbons (Fsp3) is 0.538. The average Bonchev–Trinajstić information content (AvgIpc) is 2.83. The molecule has 2 fully saturated rings. The molecule has 0 saturated carbocycles. The van der Waals surface area contributed by atoms with Crippen molar-refractivity contribution >= 4 is 0 Å². The Morgan fingerprint density at radius 3 is 2.16 bits per heavy atom. The first-order valence-electron chi connectivity index (χ1n) is 12.1. The van der Waals surface area contributed by atoms with Crippen LogP contribution in [0.3, 0.4) is 0 Å². The highest BCUT2D eigenvalue weighted by Crippen LogP contribution is 2.43. The molecule has 2 saturated heterocycles. The summed E-state index contributed by atoms with van der Waals surface area (Å²) >= 11 is 0. The third-order valence-corrected chi connectivity index (χ3v) is 7.09. The number of ether oxygens (including phenoxy) is 2. The van der Waals surface area contributed by atoms with Crippen LogP contribution in [0.5, 0.6) is 0 Å². The molecule has 6 atom stereocenters. The highest BCUT2D eigenvalue weighted by Gasteiger charge is 2.43. The Morgan fingerprint density at radius 1 is 0.973 bits per heavy atom. The maximum absolute atomic E-state index is 13.7. The summed E-state index contributed by atoms with van der Waals surface area (Å²) in [5.74, 6) is -1.11. The van der Waals surface area contributed by atoms with Gasteiger partial charge in [-0.25, -0.2) is 4.39 Å². The second-order valence-corrected chi connectivity index (χ2v) is 9.63. The van der Waals surface area contributed by atoms with Crippen molar-refractivity contribution < 1.29 is 45.3 Å². The Bertz CT molecular complexity index is 1030. The maximum atomic E-state index is 13.7. The summed E-state index contributed by atoms with van der Waals surface area (Å²) in [5.41, 5.74) is -2.49. The molecular formula is C26H28F7NO3. The largest absolute Gasteiger partial charge is 0.416 e. The molecule has 0 amide bonds. The van der Waals surface area contributed by atoms with E-state index in [2.05, 4.69) is 5.32 Å². The fourth-order valence-corrected chi connectivity index (χ4v) is 5.22. The van der Waals surface area contributed by atoms with Crippen LogP contribution in [0.2, 0.25) is 0 Å². The van der Waals surface area contributed by atoms with Crippen molar-refractivity contribution in [3.8, 4) is 0 Å². The van der Waals surface area contributed by atoms with Crippen molar-refractivity contribution in [2.24, 2.45) is 5.92 Å². The molecular weight excluding hydrogens is 507 g/mol. The van der Waals surface area contributed by atoms with Gasteiger partial charge in [0.2, 0.25) is 0 Å². The number of benzene rings is 2. The molecule has 2 aliphatic heterocycles. The van der Waals surface area contributed by atoms with Crippen molar-refractivity contribution in [1.29, 1.82) is 0 Å². The molecule has 2 heterocycles. The molecule has 0 bridgehead atoms. The zero-order valence-electron chi connectivity index (χ0n) is 20.0. The van der Waals surface area contributed by atoms with Crippen molar-refractivity contribution in [2.45, 2.75) is 69.0 Å². The van der Waals surface area contributed by atoms with Crippen LogP contribution in [0.4, 0.5) is 30.7 Å². The van der Waals surface area contributed by atoms with Gasteiger partial charge in [0.05, 0.1) is 29.9 Å². The number of aliphatic hydroxyl groups is 1. The first-order valence-corrected chi connectivity index (χ1v) is 12.1. The molecule has 6 unspecified atom stereocenters. The zero-order chi connectivity index (χ0) is 27.0. The lowest BCUT2D eigenvalue weighted by atomic mass is 9.75. The number of hydrogen-bond acceptors (Lipinski definition) is 4. The highest BCUT2D eigenvalue weighted by molar-refractivity contribution is 5.35. The predicted molar refractivity (Wildman–Crippen MR) is 120 cm³/mol. The van der Waals surface area contributed by atoms with Gasteiger partial charge in [-0.3, -0.25) is 0 Å². The fourth-order valence-electron chi connectivity index (χ4n) is 5.22. The summed E-state index contributed by atoms with van der Waals surface area (Å²) in [4.78, 5) is 0. The Kier molecular flexibility index (Phi) is 8.18. The number of aliphatic hydroxyl groups excluding tert-OH is 1. The van der Waals surface area contributed by atoms with Gasteiger partial charge >= 0.3 is 12.4 Å². The second kappa shape index (κ2) is 10.9. The topological polar surface area (TPSA) is 50.7 Å². The Balaban J connectivity index is 1.66. The van der Waals surface area contributed by atoms with Crippen LogP contribution < -0.4 is 5.32 Å². The van der Waals surface area contributed by atoms with E-state index in [1.54, 1.807) is 12.1 Å². The lowest BCUT2D eigenvalue weighted by Gasteiger charge is -2.44. The van der Waals surface area contributed by atoms with E-state index in [-0.39, 0.29) is 30.2 Å². The highest BCUT2D eigenvalue weighted by atomic mass is 19.4. The number of piperidine rings is 1. The molecule has 0 spiro atoms. The number of alkyl halides is 6. The molecule has 4 rings (SSSR count). The van der Waals surface area contributed by atoms with E-state index >= 15 is 0 Å². The van der Waals surface area contributed by atoms with E-state index < -0.39 is 53.7 Å². The standard InChI is InChI=1S/C26H28F7NO3/c1-14(16-10-17(25(28,29)30)12-18(11-16)26(31,32)33)37-24-23(15-2-4-19(27)5-3-15)21(7-9-36-24)22-13-20(35)6-8-34-22/h2-5,10-12,14,20-24,34-35H,6-9,13H2,1H3. The van der Waals surface area contributed by atoms with Crippen LogP contribution in [-0.2, 0) is 21.8 Å². The Hall–Kier alpha value is -2.21. The van der Waals surface area contributed by atoms with Gasteiger partial charge in [-0.1, -0.05) is 12.1 Å². The number of hydrogen-bond donors (Lipinski definition) is 2. The number of rotatable bonds is 5. The minimum absolute atomic E-state index is 0.0741. The minimum atomic E-state index is -4.98. The van der Waals surface area contributed by atoms with Gasteiger partial charge in [0.25, 0.3) is 0 Å². The van der Waals surface area contributed by atoms with Crippen molar-refractivity contribution in [3.05, 3.63) is 70.5 Å². The molecule has 4 nitrogen and oxygen atoms in total. The van der Waals surface area contributed by atoms with Crippen molar-refractivity contribution in [1.82, 2.24) is 5.32 Å². The molecule has 204 valence electrons. The first-order chi connectivity index (χ1) is 17.3. The van der Waals surface area contributed by atoms with Gasteiger partial charge in [-0.2, -0.15) is 26.3 Å². The Morgan fingerprint density at radius 2 is 1.59 bits per heavy atom.